The molecule has 24 heavy (non-hydrogen) atoms. The van der Waals surface area contributed by atoms with Crippen LogP contribution in [0.15, 0.2) is 30.3 Å². The van der Waals surface area contributed by atoms with Crippen molar-refractivity contribution in [2.45, 2.75) is 51.8 Å². The van der Waals surface area contributed by atoms with Gasteiger partial charge in [-0.25, -0.2) is 4.68 Å². The molecule has 0 saturated heterocycles. The minimum absolute atomic E-state index is 0.510. The monoisotopic (exact) mass is 347 g/mol. The SMILES string of the molecule is CNCc1cc(OCc2cccc(Cl)c2)n(CC2CCCCC2)n1. The number of rotatable bonds is 7. The summed E-state index contributed by atoms with van der Waals surface area (Å²) in [6.07, 6.45) is 6.66. The molecule has 1 aliphatic rings. The van der Waals surface area contributed by atoms with Crippen molar-refractivity contribution < 1.29 is 4.74 Å². The smallest absolute Gasteiger partial charge is 0.212 e. The summed E-state index contributed by atoms with van der Waals surface area (Å²) in [5.74, 6) is 1.57. The van der Waals surface area contributed by atoms with E-state index in [0.717, 1.165) is 41.2 Å². The first kappa shape index (κ1) is 17.3. The van der Waals surface area contributed by atoms with Crippen LogP contribution in [-0.4, -0.2) is 16.8 Å². The first-order valence-corrected chi connectivity index (χ1v) is 9.21. The molecule has 5 heteroatoms. The summed E-state index contributed by atoms with van der Waals surface area (Å²) < 4.78 is 8.11. The van der Waals surface area contributed by atoms with Gasteiger partial charge >= 0.3 is 0 Å². The molecule has 0 unspecified atom stereocenters. The van der Waals surface area contributed by atoms with Crippen molar-refractivity contribution in [3.05, 3.63) is 46.6 Å². The summed E-state index contributed by atoms with van der Waals surface area (Å²) in [6, 6.07) is 9.85. The van der Waals surface area contributed by atoms with Crippen LogP contribution in [0.25, 0.3) is 0 Å². The highest BCUT2D eigenvalue weighted by Gasteiger charge is 2.17. The molecule has 0 aliphatic heterocycles. The Bertz CT molecular complexity index is 650. The Morgan fingerprint density at radius 1 is 1.25 bits per heavy atom. The van der Waals surface area contributed by atoms with Crippen molar-refractivity contribution in [2.24, 2.45) is 5.92 Å². The fourth-order valence-corrected chi connectivity index (χ4v) is 3.58. The van der Waals surface area contributed by atoms with Crippen LogP contribution in [0.2, 0.25) is 5.02 Å². The zero-order chi connectivity index (χ0) is 16.8. The van der Waals surface area contributed by atoms with Gasteiger partial charge in [0.2, 0.25) is 5.88 Å². The number of hydrogen-bond acceptors (Lipinski definition) is 3. The second-order valence-corrected chi connectivity index (χ2v) is 7.05. The van der Waals surface area contributed by atoms with Crippen LogP contribution < -0.4 is 10.1 Å². The van der Waals surface area contributed by atoms with E-state index in [0.29, 0.717) is 6.61 Å². The molecule has 1 N–H and O–H groups in total. The minimum atomic E-state index is 0.510. The standard InChI is InChI=1S/C19H26ClN3O/c1-21-12-18-11-19(24-14-16-8-5-9-17(20)10-16)23(22-18)13-15-6-3-2-4-7-15/h5,8-11,15,21H,2-4,6-7,12-14H2,1H3. The number of nitrogens with one attached hydrogen (secondary N) is 1. The molecule has 1 fully saturated rings. The summed E-state index contributed by atoms with van der Waals surface area (Å²) in [5.41, 5.74) is 2.09. The van der Waals surface area contributed by atoms with Crippen LogP contribution in [-0.2, 0) is 19.7 Å². The third-order valence-electron chi connectivity index (χ3n) is 4.58. The molecule has 0 bridgehead atoms. The summed E-state index contributed by atoms with van der Waals surface area (Å²) in [4.78, 5) is 0. The van der Waals surface area contributed by atoms with Crippen molar-refractivity contribution in [3.8, 4) is 5.88 Å². The number of halogens is 1. The van der Waals surface area contributed by atoms with Gasteiger partial charge in [0.1, 0.15) is 6.61 Å². The van der Waals surface area contributed by atoms with Gasteiger partial charge in [0.25, 0.3) is 0 Å². The van der Waals surface area contributed by atoms with Crippen LogP contribution in [0.4, 0.5) is 0 Å². The van der Waals surface area contributed by atoms with Crippen molar-refractivity contribution >= 4 is 11.6 Å². The van der Waals surface area contributed by atoms with E-state index in [1.165, 1.54) is 32.1 Å². The quantitative estimate of drug-likeness (QED) is 0.806. The molecule has 1 aliphatic carbocycles. The minimum Gasteiger partial charge on any atom is -0.473 e. The van der Waals surface area contributed by atoms with E-state index in [4.69, 9.17) is 21.4 Å². The average Bonchev–Trinajstić information content (AvgIpc) is 2.96. The van der Waals surface area contributed by atoms with E-state index in [-0.39, 0.29) is 0 Å². The van der Waals surface area contributed by atoms with E-state index in [1.807, 2.05) is 42.1 Å². The van der Waals surface area contributed by atoms with Gasteiger partial charge < -0.3 is 10.1 Å². The van der Waals surface area contributed by atoms with Crippen LogP contribution in [0, 0.1) is 5.92 Å². The van der Waals surface area contributed by atoms with Gasteiger partial charge in [-0.3, -0.25) is 0 Å². The normalized spacial score (nSPS) is 15.6. The highest BCUT2D eigenvalue weighted by molar-refractivity contribution is 6.30. The van der Waals surface area contributed by atoms with Crippen LogP contribution in [0.3, 0.4) is 0 Å². The first-order chi connectivity index (χ1) is 11.7. The Morgan fingerprint density at radius 2 is 2.08 bits per heavy atom. The molecule has 1 saturated carbocycles. The van der Waals surface area contributed by atoms with Gasteiger partial charge in [0.05, 0.1) is 5.69 Å². The van der Waals surface area contributed by atoms with Gasteiger partial charge in [0, 0.05) is 24.2 Å². The van der Waals surface area contributed by atoms with E-state index in [9.17, 15) is 0 Å². The second-order valence-electron chi connectivity index (χ2n) is 6.61. The van der Waals surface area contributed by atoms with E-state index < -0.39 is 0 Å². The third kappa shape index (κ3) is 4.74. The molecule has 0 amide bonds. The topological polar surface area (TPSA) is 39.1 Å². The lowest BCUT2D eigenvalue weighted by molar-refractivity contribution is 0.245. The molecule has 0 spiro atoms. The van der Waals surface area contributed by atoms with Gasteiger partial charge in [-0.1, -0.05) is 43.0 Å². The van der Waals surface area contributed by atoms with Gasteiger partial charge in [-0.05, 0) is 43.5 Å². The molecule has 3 rings (SSSR count). The Morgan fingerprint density at radius 3 is 2.83 bits per heavy atom. The molecule has 1 aromatic heterocycles. The summed E-state index contributed by atoms with van der Waals surface area (Å²) >= 11 is 6.05. The van der Waals surface area contributed by atoms with Crippen molar-refractivity contribution in [1.29, 1.82) is 0 Å². The summed E-state index contributed by atoms with van der Waals surface area (Å²) in [5, 5.41) is 8.63. The Balaban J connectivity index is 1.69. The number of benzene rings is 1. The number of aromatic nitrogens is 2. The van der Waals surface area contributed by atoms with Crippen LogP contribution >= 0.6 is 11.6 Å². The second kappa shape index (κ2) is 8.54. The Hall–Kier alpha value is -1.52. The molecule has 4 nitrogen and oxygen atoms in total. The molecule has 2 aromatic rings. The predicted octanol–water partition coefficient (Wildman–Crippen LogP) is 4.42. The van der Waals surface area contributed by atoms with Crippen LogP contribution in [0.1, 0.15) is 43.4 Å². The number of hydrogen-bond donors (Lipinski definition) is 1. The zero-order valence-corrected chi connectivity index (χ0v) is 15.1. The molecule has 130 valence electrons. The molecule has 0 radical (unpaired) electrons. The lowest BCUT2D eigenvalue weighted by Crippen LogP contribution is -2.16. The summed E-state index contributed by atoms with van der Waals surface area (Å²) in [6.45, 7) is 2.22. The summed E-state index contributed by atoms with van der Waals surface area (Å²) in [7, 11) is 1.94. The number of nitrogens with zero attached hydrogens (tertiary/aromatic N) is 2. The molecule has 1 heterocycles. The van der Waals surface area contributed by atoms with E-state index >= 15 is 0 Å². The van der Waals surface area contributed by atoms with Gasteiger partial charge in [-0.15, -0.1) is 0 Å². The molecular weight excluding hydrogens is 322 g/mol. The van der Waals surface area contributed by atoms with Crippen molar-refractivity contribution in [2.75, 3.05) is 7.05 Å². The predicted molar refractivity (Wildman–Crippen MR) is 97.3 cm³/mol. The lowest BCUT2D eigenvalue weighted by atomic mass is 9.89. The van der Waals surface area contributed by atoms with E-state index in [1.54, 1.807) is 0 Å². The highest BCUT2D eigenvalue weighted by atomic mass is 35.5. The van der Waals surface area contributed by atoms with Gasteiger partial charge in [-0.2, -0.15) is 5.10 Å². The van der Waals surface area contributed by atoms with Gasteiger partial charge in [0.15, 0.2) is 0 Å². The highest BCUT2D eigenvalue weighted by Crippen LogP contribution is 2.27. The van der Waals surface area contributed by atoms with Crippen LogP contribution in [0.5, 0.6) is 5.88 Å². The fraction of sp³-hybridized carbons (Fsp3) is 0.526. The maximum absolute atomic E-state index is 6.06. The molecule has 1 aromatic carbocycles. The third-order valence-corrected chi connectivity index (χ3v) is 4.82. The average molecular weight is 348 g/mol. The van der Waals surface area contributed by atoms with Crippen molar-refractivity contribution in [1.82, 2.24) is 15.1 Å². The maximum atomic E-state index is 6.06. The lowest BCUT2D eigenvalue weighted by Gasteiger charge is -2.22. The first-order valence-electron chi connectivity index (χ1n) is 8.83. The zero-order valence-electron chi connectivity index (χ0n) is 14.3. The molecule has 0 atom stereocenters. The fourth-order valence-electron chi connectivity index (χ4n) is 3.36. The Kier molecular flexibility index (Phi) is 6.16. The maximum Gasteiger partial charge on any atom is 0.212 e. The van der Waals surface area contributed by atoms with E-state index in [2.05, 4.69) is 5.32 Å². The number of ether oxygens (including phenoxy) is 1. The van der Waals surface area contributed by atoms with Crippen molar-refractivity contribution in [3.63, 3.8) is 0 Å². The largest absolute Gasteiger partial charge is 0.473 e. The Labute approximate surface area is 149 Å². The molecular formula is C19H26ClN3O.